The number of anilines is 1. The summed E-state index contributed by atoms with van der Waals surface area (Å²) in [5.74, 6) is 1.35. The zero-order valence-corrected chi connectivity index (χ0v) is 17.8. The lowest BCUT2D eigenvalue weighted by molar-refractivity contribution is -0.121. The van der Waals surface area contributed by atoms with Gasteiger partial charge in [-0.1, -0.05) is 48.5 Å². The van der Waals surface area contributed by atoms with Crippen LogP contribution < -0.4 is 10.1 Å². The maximum absolute atomic E-state index is 13.2. The van der Waals surface area contributed by atoms with Crippen LogP contribution >= 0.6 is 0 Å². The van der Waals surface area contributed by atoms with Crippen LogP contribution in [0.3, 0.4) is 0 Å². The molecule has 1 saturated heterocycles. The van der Waals surface area contributed by atoms with Crippen molar-refractivity contribution in [2.75, 3.05) is 29.9 Å². The Bertz CT molecular complexity index is 1100. The van der Waals surface area contributed by atoms with Crippen molar-refractivity contribution in [3.05, 3.63) is 90.5 Å². The number of hydrogen-bond donors (Lipinski definition) is 1. The van der Waals surface area contributed by atoms with E-state index < -0.39 is 15.9 Å². The summed E-state index contributed by atoms with van der Waals surface area (Å²) in [6.07, 6.45) is 0. The molecule has 4 rings (SSSR count). The van der Waals surface area contributed by atoms with Crippen LogP contribution in [-0.2, 0) is 14.6 Å². The maximum atomic E-state index is 13.2. The van der Waals surface area contributed by atoms with Crippen molar-refractivity contribution in [2.24, 2.45) is 0 Å². The third-order valence-corrected chi connectivity index (χ3v) is 6.82. The molecular weight excluding hydrogens is 412 g/mol. The van der Waals surface area contributed by atoms with Gasteiger partial charge in [0.05, 0.1) is 11.5 Å². The Morgan fingerprint density at radius 2 is 1.35 bits per heavy atom. The average Bonchev–Trinajstić information content (AvgIpc) is 2.78. The molecular formula is C24H24N2O4S. The van der Waals surface area contributed by atoms with Crippen LogP contribution in [0.1, 0.15) is 11.6 Å². The molecule has 0 aliphatic carbocycles. The molecule has 0 spiro atoms. The number of hydrogen-bond acceptors (Lipinski definition) is 5. The number of benzene rings is 3. The van der Waals surface area contributed by atoms with Crippen molar-refractivity contribution in [1.82, 2.24) is 4.90 Å². The lowest BCUT2D eigenvalue weighted by Gasteiger charge is -2.33. The number of rotatable bonds is 6. The molecule has 1 atom stereocenters. The quantitative estimate of drug-likeness (QED) is 0.635. The highest BCUT2D eigenvalue weighted by molar-refractivity contribution is 7.91. The number of carbonyl (C=O) groups is 1. The van der Waals surface area contributed by atoms with Crippen molar-refractivity contribution in [3.63, 3.8) is 0 Å². The highest BCUT2D eigenvalue weighted by Crippen LogP contribution is 2.26. The lowest BCUT2D eigenvalue weighted by atomic mass is 10.0. The van der Waals surface area contributed by atoms with Crippen LogP contribution in [-0.4, -0.2) is 43.8 Å². The summed E-state index contributed by atoms with van der Waals surface area (Å²) >= 11 is 0. The van der Waals surface area contributed by atoms with Gasteiger partial charge < -0.3 is 10.1 Å². The van der Waals surface area contributed by atoms with E-state index >= 15 is 0 Å². The van der Waals surface area contributed by atoms with Gasteiger partial charge in [-0.15, -0.1) is 0 Å². The standard InChI is InChI=1S/C24H24N2O4S/c27-24(25-20-11-13-22(14-12-20)30-21-9-5-2-6-10-21)23(19-7-3-1-4-8-19)26-15-17-31(28,29)18-16-26/h1-14,23H,15-18H2,(H,25,27). The summed E-state index contributed by atoms with van der Waals surface area (Å²) in [4.78, 5) is 15.1. The van der Waals surface area contributed by atoms with Crippen LogP contribution in [0.5, 0.6) is 11.5 Å². The molecule has 1 heterocycles. The van der Waals surface area contributed by atoms with Gasteiger partial charge in [-0.05, 0) is 42.0 Å². The number of carbonyl (C=O) groups excluding carboxylic acids is 1. The molecule has 0 aromatic heterocycles. The third-order valence-electron chi connectivity index (χ3n) is 5.21. The van der Waals surface area contributed by atoms with Crippen molar-refractivity contribution in [2.45, 2.75) is 6.04 Å². The smallest absolute Gasteiger partial charge is 0.246 e. The molecule has 160 valence electrons. The molecule has 1 fully saturated rings. The van der Waals surface area contributed by atoms with Gasteiger partial charge in [-0.2, -0.15) is 0 Å². The minimum atomic E-state index is -3.03. The first-order valence-corrected chi connectivity index (χ1v) is 12.0. The lowest BCUT2D eigenvalue weighted by Crippen LogP contribution is -2.46. The Labute approximate surface area is 182 Å². The highest BCUT2D eigenvalue weighted by atomic mass is 32.2. The molecule has 31 heavy (non-hydrogen) atoms. The monoisotopic (exact) mass is 436 g/mol. The molecule has 1 N–H and O–H groups in total. The van der Waals surface area contributed by atoms with E-state index in [2.05, 4.69) is 5.32 Å². The van der Waals surface area contributed by atoms with Crippen molar-refractivity contribution in [3.8, 4) is 11.5 Å². The Kier molecular flexibility index (Phi) is 6.34. The SMILES string of the molecule is O=C(Nc1ccc(Oc2ccccc2)cc1)C(c1ccccc1)N1CCS(=O)(=O)CC1. The van der Waals surface area contributed by atoms with Crippen molar-refractivity contribution >= 4 is 21.4 Å². The van der Waals surface area contributed by atoms with Crippen LogP contribution in [0.2, 0.25) is 0 Å². The second kappa shape index (κ2) is 9.32. The van der Waals surface area contributed by atoms with Gasteiger partial charge in [0, 0.05) is 18.8 Å². The molecule has 1 aliphatic rings. The number of ether oxygens (including phenoxy) is 1. The maximum Gasteiger partial charge on any atom is 0.246 e. The van der Waals surface area contributed by atoms with E-state index in [-0.39, 0.29) is 17.4 Å². The molecule has 0 radical (unpaired) electrons. The Balaban J connectivity index is 1.48. The highest BCUT2D eigenvalue weighted by Gasteiger charge is 2.32. The van der Waals surface area contributed by atoms with Crippen LogP contribution in [0, 0.1) is 0 Å². The van der Waals surface area contributed by atoms with Gasteiger partial charge in [0.1, 0.15) is 17.5 Å². The average molecular weight is 437 g/mol. The second-order valence-corrected chi connectivity index (χ2v) is 9.73. The second-order valence-electron chi connectivity index (χ2n) is 7.43. The van der Waals surface area contributed by atoms with Gasteiger partial charge in [0.25, 0.3) is 0 Å². The number of nitrogens with one attached hydrogen (secondary N) is 1. The Morgan fingerprint density at radius 1 is 0.806 bits per heavy atom. The van der Waals surface area contributed by atoms with Crippen LogP contribution in [0.4, 0.5) is 5.69 Å². The fraction of sp³-hybridized carbons (Fsp3) is 0.208. The van der Waals surface area contributed by atoms with Crippen LogP contribution in [0.25, 0.3) is 0 Å². The molecule has 0 bridgehead atoms. The molecule has 7 heteroatoms. The minimum absolute atomic E-state index is 0.0646. The number of sulfone groups is 1. The molecule has 1 amide bonds. The molecule has 3 aromatic carbocycles. The topological polar surface area (TPSA) is 75.7 Å². The number of para-hydroxylation sites is 1. The molecule has 1 aliphatic heterocycles. The van der Waals surface area contributed by atoms with E-state index in [0.717, 1.165) is 11.3 Å². The van der Waals surface area contributed by atoms with E-state index in [1.807, 2.05) is 65.6 Å². The van der Waals surface area contributed by atoms with Gasteiger partial charge in [0.2, 0.25) is 5.91 Å². The van der Waals surface area contributed by atoms with E-state index in [0.29, 0.717) is 24.5 Å². The summed E-state index contributed by atoms with van der Waals surface area (Å²) < 4.78 is 29.5. The van der Waals surface area contributed by atoms with E-state index in [9.17, 15) is 13.2 Å². The summed E-state index contributed by atoms with van der Waals surface area (Å²) in [5.41, 5.74) is 1.49. The zero-order valence-electron chi connectivity index (χ0n) is 17.0. The molecule has 0 saturated carbocycles. The first-order chi connectivity index (χ1) is 15.0. The molecule has 6 nitrogen and oxygen atoms in total. The van der Waals surface area contributed by atoms with Crippen LogP contribution in [0.15, 0.2) is 84.9 Å². The van der Waals surface area contributed by atoms with E-state index in [1.165, 1.54) is 0 Å². The van der Waals surface area contributed by atoms with Crippen molar-refractivity contribution in [1.29, 1.82) is 0 Å². The number of nitrogens with zero attached hydrogens (tertiary/aromatic N) is 1. The summed E-state index contributed by atoms with van der Waals surface area (Å²) in [6, 6.07) is 25.5. The van der Waals surface area contributed by atoms with Gasteiger partial charge in [-0.3, -0.25) is 9.69 Å². The van der Waals surface area contributed by atoms with Gasteiger partial charge >= 0.3 is 0 Å². The first kappa shape index (κ1) is 21.1. The van der Waals surface area contributed by atoms with Crippen molar-refractivity contribution < 1.29 is 17.9 Å². The first-order valence-electron chi connectivity index (χ1n) is 10.1. The normalized spacial score (nSPS) is 16.9. The minimum Gasteiger partial charge on any atom is -0.457 e. The zero-order chi connectivity index (χ0) is 21.7. The molecule has 3 aromatic rings. The van der Waals surface area contributed by atoms with E-state index in [4.69, 9.17) is 4.74 Å². The largest absolute Gasteiger partial charge is 0.457 e. The van der Waals surface area contributed by atoms with E-state index in [1.54, 1.807) is 24.3 Å². The third kappa shape index (κ3) is 5.51. The summed E-state index contributed by atoms with van der Waals surface area (Å²) in [7, 11) is -3.03. The Hall–Kier alpha value is -3.16. The fourth-order valence-electron chi connectivity index (χ4n) is 3.59. The van der Waals surface area contributed by atoms with Gasteiger partial charge in [0.15, 0.2) is 9.84 Å². The predicted molar refractivity (Wildman–Crippen MR) is 121 cm³/mol. The molecule has 1 unspecified atom stereocenters. The predicted octanol–water partition coefficient (Wildman–Crippen LogP) is 3.89. The Morgan fingerprint density at radius 3 is 1.97 bits per heavy atom. The fourth-order valence-corrected chi connectivity index (χ4v) is 4.82. The number of amides is 1. The summed E-state index contributed by atoms with van der Waals surface area (Å²) in [5, 5.41) is 2.96. The van der Waals surface area contributed by atoms with Gasteiger partial charge in [-0.25, -0.2) is 8.42 Å². The summed E-state index contributed by atoms with van der Waals surface area (Å²) in [6.45, 7) is 0.665.